The fraction of sp³-hybridized carbons (Fsp3) is 0.435. The van der Waals surface area contributed by atoms with Crippen LogP contribution in [0.2, 0.25) is 0 Å². The van der Waals surface area contributed by atoms with Crippen LogP contribution >= 0.6 is 0 Å². The standard InChI is InChI=1S/C23H30N2O2/c1-17(2)25(3)16-21-11-7-6-10-20(21)15-24-22(26)23(27)13-12-18-8-4-5-9-19(18)14-23/h4-11,17,27H,12-16H2,1-3H3,(H,24,26). The minimum Gasteiger partial charge on any atom is -0.380 e. The zero-order valence-electron chi connectivity index (χ0n) is 16.5. The number of rotatable bonds is 6. The Morgan fingerprint density at radius 2 is 1.74 bits per heavy atom. The molecule has 0 heterocycles. The molecule has 4 nitrogen and oxygen atoms in total. The summed E-state index contributed by atoms with van der Waals surface area (Å²) in [6.45, 7) is 5.61. The fourth-order valence-electron chi connectivity index (χ4n) is 3.59. The van der Waals surface area contributed by atoms with E-state index in [1.165, 1.54) is 11.1 Å². The zero-order chi connectivity index (χ0) is 19.4. The first-order chi connectivity index (χ1) is 12.9. The third-order valence-corrected chi connectivity index (χ3v) is 5.69. The molecule has 2 aromatic carbocycles. The van der Waals surface area contributed by atoms with Gasteiger partial charge in [0.15, 0.2) is 0 Å². The highest BCUT2D eigenvalue weighted by Crippen LogP contribution is 2.29. The Hall–Kier alpha value is -2.17. The van der Waals surface area contributed by atoms with Gasteiger partial charge >= 0.3 is 0 Å². The van der Waals surface area contributed by atoms with E-state index in [0.717, 1.165) is 24.1 Å². The third-order valence-electron chi connectivity index (χ3n) is 5.69. The summed E-state index contributed by atoms with van der Waals surface area (Å²) >= 11 is 0. The molecule has 4 heteroatoms. The van der Waals surface area contributed by atoms with Gasteiger partial charge in [0.25, 0.3) is 5.91 Å². The number of fused-ring (bicyclic) bond motifs is 1. The van der Waals surface area contributed by atoms with Crippen LogP contribution in [-0.2, 0) is 30.7 Å². The van der Waals surface area contributed by atoms with Crippen molar-refractivity contribution in [3.8, 4) is 0 Å². The predicted molar refractivity (Wildman–Crippen MR) is 108 cm³/mol. The largest absolute Gasteiger partial charge is 0.380 e. The maximum Gasteiger partial charge on any atom is 0.252 e. The third kappa shape index (κ3) is 4.57. The lowest BCUT2D eigenvalue weighted by Crippen LogP contribution is -2.50. The minimum absolute atomic E-state index is 0.274. The number of aryl methyl sites for hydroxylation is 1. The predicted octanol–water partition coefficient (Wildman–Crippen LogP) is 3.06. The van der Waals surface area contributed by atoms with Gasteiger partial charge in [-0.25, -0.2) is 0 Å². The van der Waals surface area contributed by atoms with Crippen LogP contribution in [0.25, 0.3) is 0 Å². The molecule has 1 amide bonds. The molecule has 0 aromatic heterocycles. The van der Waals surface area contributed by atoms with Crippen molar-refractivity contribution in [1.82, 2.24) is 10.2 Å². The molecule has 3 rings (SSSR count). The molecule has 1 atom stereocenters. The summed E-state index contributed by atoms with van der Waals surface area (Å²) in [5.41, 5.74) is 3.28. The molecular formula is C23H30N2O2. The summed E-state index contributed by atoms with van der Waals surface area (Å²) in [5, 5.41) is 13.9. The van der Waals surface area contributed by atoms with Crippen LogP contribution in [0.4, 0.5) is 0 Å². The molecule has 2 aromatic rings. The van der Waals surface area contributed by atoms with Gasteiger partial charge < -0.3 is 10.4 Å². The molecule has 0 radical (unpaired) electrons. The molecule has 0 aliphatic heterocycles. The Labute approximate surface area is 162 Å². The molecule has 0 saturated carbocycles. The van der Waals surface area contributed by atoms with E-state index in [2.05, 4.69) is 43.2 Å². The van der Waals surface area contributed by atoms with Gasteiger partial charge in [-0.1, -0.05) is 48.5 Å². The average molecular weight is 367 g/mol. The summed E-state index contributed by atoms with van der Waals surface area (Å²) in [6.07, 6.45) is 1.58. The number of nitrogens with one attached hydrogen (secondary N) is 1. The number of benzene rings is 2. The Morgan fingerprint density at radius 3 is 2.44 bits per heavy atom. The Kier molecular flexibility index (Phi) is 5.98. The van der Waals surface area contributed by atoms with Crippen molar-refractivity contribution in [2.75, 3.05) is 7.05 Å². The van der Waals surface area contributed by atoms with Gasteiger partial charge in [-0.05, 0) is 56.0 Å². The van der Waals surface area contributed by atoms with Crippen LogP contribution < -0.4 is 5.32 Å². The van der Waals surface area contributed by atoms with Crippen LogP contribution in [0.1, 0.15) is 42.5 Å². The van der Waals surface area contributed by atoms with Gasteiger partial charge in [-0.15, -0.1) is 0 Å². The number of hydrogen-bond acceptors (Lipinski definition) is 3. The lowest BCUT2D eigenvalue weighted by molar-refractivity contribution is -0.141. The van der Waals surface area contributed by atoms with Crippen molar-refractivity contribution in [3.05, 3.63) is 70.8 Å². The first-order valence-electron chi connectivity index (χ1n) is 9.73. The first-order valence-corrected chi connectivity index (χ1v) is 9.73. The van der Waals surface area contributed by atoms with Crippen molar-refractivity contribution in [2.45, 2.75) is 57.8 Å². The normalized spacial score (nSPS) is 19.2. The molecule has 1 aliphatic carbocycles. The van der Waals surface area contributed by atoms with E-state index >= 15 is 0 Å². The van der Waals surface area contributed by atoms with Crippen molar-refractivity contribution >= 4 is 5.91 Å². The Morgan fingerprint density at radius 1 is 1.11 bits per heavy atom. The van der Waals surface area contributed by atoms with Crippen LogP contribution in [0.3, 0.4) is 0 Å². The van der Waals surface area contributed by atoms with E-state index in [1.807, 2.05) is 36.4 Å². The average Bonchev–Trinajstić information content (AvgIpc) is 2.66. The molecule has 27 heavy (non-hydrogen) atoms. The molecule has 0 fully saturated rings. The summed E-state index contributed by atoms with van der Waals surface area (Å²) < 4.78 is 0. The Balaban J connectivity index is 1.66. The molecule has 0 saturated heterocycles. The Bertz CT molecular complexity index is 802. The van der Waals surface area contributed by atoms with Gasteiger partial charge in [-0.2, -0.15) is 0 Å². The van der Waals surface area contributed by atoms with E-state index in [9.17, 15) is 9.90 Å². The van der Waals surface area contributed by atoms with Gasteiger partial charge in [0.05, 0.1) is 0 Å². The second-order valence-electron chi connectivity index (χ2n) is 7.94. The van der Waals surface area contributed by atoms with Crippen molar-refractivity contribution in [3.63, 3.8) is 0 Å². The highest BCUT2D eigenvalue weighted by molar-refractivity contribution is 5.85. The maximum atomic E-state index is 12.8. The summed E-state index contributed by atoms with van der Waals surface area (Å²) in [4.78, 5) is 15.0. The summed E-state index contributed by atoms with van der Waals surface area (Å²) in [6, 6.07) is 16.7. The van der Waals surface area contributed by atoms with E-state index in [1.54, 1.807) is 0 Å². The lowest BCUT2D eigenvalue weighted by atomic mass is 9.80. The van der Waals surface area contributed by atoms with Crippen LogP contribution in [0, 0.1) is 0 Å². The van der Waals surface area contributed by atoms with Crippen molar-refractivity contribution in [2.24, 2.45) is 0 Å². The smallest absolute Gasteiger partial charge is 0.252 e. The zero-order valence-corrected chi connectivity index (χ0v) is 16.5. The summed E-state index contributed by atoms with van der Waals surface area (Å²) in [5.74, 6) is -0.274. The summed E-state index contributed by atoms with van der Waals surface area (Å²) in [7, 11) is 2.10. The van der Waals surface area contributed by atoms with E-state index in [0.29, 0.717) is 25.4 Å². The highest BCUT2D eigenvalue weighted by atomic mass is 16.3. The fourth-order valence-corrected chi connectivity index (χ4v) is 3.59. The SMILES string of the molecule is CC(C)N(C)Cc1ccccc1CNC(=O)C1(O)CCc2ccccc2C1. The number of carbonyl (C=O) groups is 1. The molecule has 0 spiro atoms. The molecule has 2 N–H and O–H groups in total. The van der Waals surface area contributed by atoms with Crippen molar-refractivity contribution < 1.29 is 9.90 Å². The number of hydrogen-bond donors (Lipinski definition) is 2. The topological polar surface area (TPSA) is 52.6 Å². The maximum absolute atomic E-state index is 12.8. The van der Waals surface area contributed by atoms with E-state index < -0.39 is 5.60 Å². The second-order valence-corrected chi connectivity index (χ2v) is 7.94. The van der Waals surface area contributed by atoms with Gasteiger partial charge in [-0.3, -0.25) is 9.69 Å². The number of carbonyl (C=O) groups excluding carboxylic acids is 1. The number of nitrogens with zero attached hydrogens (tertiary/aromatic N) is 1. The highest BCUT2D eigenvalue weighted by Gasteiger charge is 2.38. The second kappa shape index (κ2) is 8.24. The minimum atomic E-state index is -1.32. The number of aliphatic hydroxyl groups is 1. The first kappa shape index (κ1) is 19.6. The molecule has 1 aliphatic rings. The van der Waals surface area contributed by atoms with Crippen LogP contribution in [0.5, 0.6) is 0 Å². The van der Waals surface area contributed by atoms with E-state index in [-0.39, 0.29) is 5.91 Å². The molecule has 144 valence electrons. The quantitative estimate of drug-likeness (QED) is 0.826. The monoisotopic (exact) mass is 366 g/mol. The van der Waals surface area contributed by atoms with Crippen molar-refractivity contribution in [1.29, 1.82) is 0 Å². The molecule has 1 unspecified atom stereocenters. The lowest BCUT2D eigenvalue weighted by Gasteiger charge is -2.32. The van der Waals surface area contributed by atoms with Gasteiger partial charge in [0.2, 0.25) is 0 Å². The molecular weight excluding hydrogens is 336 g/mol. The van der Waals surface area contributed by atoms with Crippen LogP contribution in [0.15, 0.2) is 48.5 Å². The van der Waals surface area contributed by atoms with Gasteiger partial charge in [0.1, 0.15) is 5.60 Å². The number of amides is 1. The van der Waals surface area contributed by atoms with E-state index in [4.69, 9.17) is 0 Å². The van der Waals surface area contributed by atoms with Gasteiger partial charge in [0, 0.05) is 25.6 Å². The molecule has 0 bridgehead atoms. The van der Waals surface area contributed by atoms with Crippen LogP contribution in [-0.4, -0.2) is 34.6 Å².